The Morgan fingerprint density at radius 3 is 2.67 bits per heavy atom. The van der Waals surface area contributed by atoms with Gasteiger partial charge in [0.2, 0.25) is 5.91 Å². The van der Waals surface area contributed by atoms with Gasteiger partial charge in [-0.2, -0.15) is 0 Å². The summed E-state index contributed by atoms with van der Waals surface area (Å²) in [6.45, 7) is 1.64. The highest BCUT2D eigenvalue weighted by molar-refractivity contribution is 5.78. The first-order valence-corrected chi connectivity index (χ1v) is 8.03. The summed E-state index contributed by atoms with van der Waals surface area (Å²) >= 11 is 0. The Morgan fingerprint density at radius 2 is 1.96 bits per heavy atom. The number of nitrogens with zero attached hydrogens (tertiary/aromatic N) is 1. The number of rotatable bonds is 8. The third kappa shape index (κ3) is 6.28. The Labute approximate surface area is 140 Å². The van der Waals surface area contributed by atoms with Crippen LogP contribution in [0.5, 0.6) is 0 Å². The molecule has 1 aromatic rings. The Balaban J connectivity index is 1.50. The summed E-state index contributed by atoms with van der Waals surface area (Å²) < 4.78 is 10.1. The molecule has 1 aromatic carbocycles. The molecule has 2 amide bonds. The zero-order chi connectivity index (χ0) is 17.2. The van der Waals surface area contributed by atoms with Crippen molar-refractivity contribution < 1.29 is 23.9 Å². The van der Waals surface area contributed by atoms with Crippen molar-refractivity contribution >= 4 is 18.0 Å². The van der Waals surface area contributed by atoms with Crippen LogP contribution in [0, 0.1) is 0 Å². The highest BCUT2D eigenvalue weighted by Crippen LogP contribution is 2.08. The van der Waals surface area contributed by atoms with Crippen LogP contribution < -0.4 is 5.32 Å². The van der Waals surface area contributed by atoms with Crippen molar-refractivity contribution in [2.24, 2.45) is 0 Å². The topological polar surface area (TPSA) is 84.9 Å². The molecular weight excluding hydrogens is 312 g/mol. The summed E-state index contributed by atoms with van der Waals surface area (Å²) in [4.78, 5) is 36.1. The van der Waals surface area contributed by atoms with Gasteiger partial charge in [0.25, 0.3) is 0 Å². The number of hydrogen-bond donors (Lipinski definition) is 1. The molecule has 0 aliphatic carbocycles. The molecule has 1 aliphatic rings. The lowest BCUT2D eigenvalue weighted by atomic mass is 10.2. The second kappa shape index (κ2) is 9.54. The number of nitrogens with one attached hydrogen (secondary N) is 1. The van der Waals surface area contributed by atoms with Gasteiger partial charge in [0, 0.05) is 19.5 Å². The summed E-state index contributed by atoms with van der Waals surface area (Å²) in [5, 5.41) is 2.48. The highest BCUT2D eigenvalue weighted by atomic mass is 16.5. The lowest BCUT2D eigenvalue weighted by Crippen LogP contribution is -2.32. The van der Waals surface area contributed by atoms with Crippen LogP contribution in [-0.2, 0) is 25.7 Å². The molecule has 0 unspecified atom stereocenters. The van der Waals surface area contributed by atoms with E-state index in [1.54, 1.807) is 4.90 Å². The number of ether oxygens (including phenoxy) is 2. The van der Waals surface area contributed by atoms with Crippen molar-refractivity contribution in [1.29, 1.82) is 0 Å². The van der Waals surface area contributed by atoms with Crippen molar-refractivity contribution in [1.82, 2.24) is 10.2 Å². The molecular formula is C17H22N2O5. The van der Waals surface area contributed by atoms with Crippen molar-refractivity contribution in [3.05, 3.63) is 35.9 Å². The zero-order valence-electron chi connectivity index (χ0n) is 13.5. The van der Waals surface area contributed by atoms with Gasteiger partial charge in [-0.3, -0.25) is 9.59 Å². The van der Waals surface area contributed by atoms with E-state index in [1.807, 2.05) is 30.3 Å². The van der Waals surface area contributed by atoms with Gasteiger partial charge in [-0.25, -0.2) is 4.79 Å². The van der Waals surface area contributed by atoms with Gasteiger partial charge in [0.15, 0.2) is 0 Å². The SMILES string of the molecule is O=C(CCNC(=O)OCCN1CCCC1=O)OCc1ccccc1. The molecule has 0 radical (unpaired) electrons. The van der Waals surface area contributed by atoms with Gasteiger partial charge in [0.1, 0.15) is 13.2 Å². The van der Waals surface area contributed by atoms with Crippen molar-refractivity contribution in [2.75, 3.05) is 26.2 Å². The lowest BCUT2D eigenvalue weighted by molar-refractivity contribution is -0.144. The predicted octanol–water partition coefficient (Wildman–Crippen LogP) is 1.47. The van der Waals surface area contributed by atoms with E-state index >= 15 is 0 Å². The van der Waals surface area contributed by atoms with Gasteiger partial charge in [-0.05, 0) is 12.0 Å². The van der Waals surface area contributed by atoms with E-state index in [2.05, 4.69) is 5.32 Å². The largest absolute Gasteiger partial charge is 0.461 e. The number of esters is 1. The Kier molecular flexibility index (Phi) is 7.07. The smallest absolute Gasteiger partial charge is 0.407 e. The third-order valence-corrected chi connectivity index (χ3v) is 3.61. The summed E-state index contributed by atoms with van der Waals surface area (Å²) in [6.07, 6.45) is 0.900. The van der Waals surface area contributed by atoms with E-state index in [1.165, 1.54) is 0 Å². The van der Waals surface area contributed by atoms with Crippen molar-refractivity contribution in [3.63, 3.8) is 0 Å². The molecule has 1 fully saturated rings. The van der Waals surface area contributed by atoms with Crippen LogP contribution >= 0.6 is 0 Å². The summed E-state index contributed by atoms with van der Waals surface area (Å²) in [5.41, 5.74) is 0.912. The summed E-state index contributed by atoms with van der Waals surface area (Å²) in [5.74, 6) is -0.290. The molecule has 7 nitrogen and oxygen atoms in total. The fourth-order valence-electron chi connectivity index (χ4n) is 2.32. The minimum Gasteiger partial charge on any atom is -0.461 e. The van der Waals surface area contributed by atoms with Crippen LogP contribution in [0.1, 0.15) is 24.8 Å². The molecule has 2 rings (SSSR count). The first-order chi connectivity index (χ1) is 11.6. The molecule has 1 aliphatic heterocycles. The lowest BCUT2D eigenvalue weighted by Gasteiger charge is -2.15. The zero-order valence-corrected chi connectivity index (χ0v) is 13.5. The van der Waals surface area contributed by atoms with Crippen LogP contribution in [-0.4, -0.2) is 49.1 Å². The number of amides is 2. The average molecular weight is 334 g/mol. The maximum absolute atomic E-state index is 11.6. The minimum atomic E-state index is -0.600. The van der Waals surface area contributed by atoms with Crippen LogP contribution in [0.2, 0.25) is 0 Å². The van der Waals surface area contributed by atoms with Gasteiger partial charge in [-0.15, -0.1) is 0 Å². The van der Waals surface area contributed by atoms with E-state index in [4.69, 9.17) is 9.47 Å². The predicted molar refractivity (Wildman–Crippen MR) is 86.0 cm³/mol. The van der Waals surface area contributed by atoms with E-state index in [9.17, 15) is 14.4 Å². The average Bonchev–Trinajstić information content (AvgIpc) is 2.99. The third-order valence-electron chi connectivity index (χ3n) is 3.61. The normalized spacial score (nSPS) is 13.7. The van der Waals surface area contributed by atoms with Crippen LogP contribution in [0.15, 0.2) is 30.3 Å². The number of alkyl carbamates (subject to hydrolysis) is 1. The van der Waals surface area contributed by atoms with E-state index in [0.717, 1.165) is 18.5 Å². The number of benzene rings is 1. The molecule has 1 heterocycles. The van der Waals surface area contributed by atoms with Gasteiger partial charge >= 0.3 is 12.1 Å². The number of carbonyl (C=O) groups is 3. The Hall–Kier alpha value is -2.57. The fraction of sp³-hybridized carbons (Fsp3) is 0.471. The molecule has 0 saturated carbocycles. The second-order valence-electron chi connectivity index (χ2n) is 5.44. The maximum atomic E-state index is 11.6. The second-order valence-corrected chi connectivity index (χ2v) is 5.44. The van der Waals surface area contributed by atoms with Crippen LogP contribution in [0.3, 0.4) is 0 Å². The first kappa shape index (κ1) is 17.8. The molecule has 0 aromatic heterocycles. The molecule has 0 atom stereocenters. The van der Waals surface area contributed by atoms with Gasteiger partial charge in [-0.1, -0.05) is 30.3 Å². The maximum Gasteiger partial charge on any atom is 0.407 e. The molecule has 7 heteroatoms. The Bertz CT molecular complexity index is 561. The molecule has 0 bridgehead atoms. The standard InChI is InChI=1S/C17H22N2O5/c20-15-7-4-10-19(15)11-12-23-17(22)18-9-8-16(21)24-13-14-5-2-1-3-6-14/h1-3,5-6H,4,7-13H2,(H,18,22). The van der Waals surface area contributed by atoms with E-state index in [-0.39, 0.29) is 38.1 Å². The van der Waals surface area contributed by atoms with E-state index < -0.39 is 6.09 Å². The van der Waals surface area contributed by atoms with Crippen molar-refractivity contribution in [2.45, 2.75) is 25.9 Å². The first-order valence-electron chi connectivity index (χ1n) is 8.03. The highest BCUT2D eigenvalue weighted by Gasteiger charge is 2.19. The quantitative estimate of drug-likeness (QED) is 0.728. The Morgan fingerprint density at radius 1 is 1.17 bits per heavy atom. The molecule has 1 N–H and O–H groups in total. The molecule has 1 saturated heterocycles. The van der Waals surface area contributed by atoms with Crippen LogP contribution in [0.4, 0.5) is 4.79 Å². The summed E-state index contributed by atoms with van der Waals surface area (Å²) in [6, 6.07) is 9.37. The summed E-state index contributed by atoms with van der Waals surface area (Å²) in [7, 11) is 0. The van der Waals surface area contributed by atoms with Crippen LogP contribution in [0.25, 0.3) is 0 Å². The molecule has 130 valence electrons. The molecule has 24 heavy (non-hydrogen) atoms. The number of hydrogen-bond acceptors (Lipinski definition) is 5. The molecule has 0 spiro atoms. The van der Waals surface area contributed by atoms with E-state index in [0.29, 0.717) is 13.0 Å². The number of likely N-dealkylation sites (tertiary alicyclic amines) is 1. The van der Waals surface area contributed by atoms with Gasteiger partial charge in [0.05, 0.1) is 13.0 Å². The van der Waals surface area contributed by atoms with Gasteiger partial charge < -0.3 is 19.7 Å². The number of carbonyl (C=O) groups excluding carboxylic acids is 3. The fourth-order valence-corrected chi connectivity index (χ4v) is 2.32. The van der Waals surface area contributed by atoms with Crippen molar-refractivity contribution in [3.8, 4) is 0 Å². The minimum absolute atomic E-state index is 0.0759. The monoisotopic (exact) mass is 334 g/mol.